The van der Waals surface area contributed by atoms with Crippen molar-refractivity contribution in [3.05, 3.63) is 18.6 Å². The molecule has 0 spiro atoms. The van der Waals surface area contributed by atoms with Crippen LogP contribution in [0.1, 0.15) is 12.8 Å². The average Bonchev–Trinajstić information content (AvgIpc) is 3.18. The molecule has 124 valence electrons. The van der Waals surface area contributed by atoms with Gasteiger partial charge in [-0.25, -0.2) is 22.7 Å². The Morgan fingerprint density at radius 2 is 1.96 bits per heavy atom. The molecule has 1 aliphatic heterocycles. The fraction of sp³-hybridized carbons (Fsp3) is 0.600. The molecule has 1 N–H and O–H groups in total. The molecule has 8 heteroatoms. The molecular weight excluding hydrogens is 314 g/mol. The summed E-state index contributed by atoms with van der Waals surface area (Å²) < 4.78 is 25.1. The Kier molecular flexibility index (Phi) is 3.35. The van der Waals surface area contributed by atoms with E-state index >= 15 is 0 Å². The molecule has 3 atom stereocenters. The third-order valence-corrected chi connectivity index (χ3v) is 6.61. The smallest absolute Gasteiger partial charge is 0.211 e. The van der Waals surface area contributed by atoms with Gasteiger partial charge in [0.25, 0.3) is 0 Å². The van der Waals surface area contributed by atoms with Crippen molar-refractivity contribution in [2.45, 2.75) is 18.9 Å². The zero-order chi connectivity index (χ0) is 16.2. The van der Waals surface area contributed by atoms with Crippen molar-refractivity contribution in [1.29, 1.82) is 0 Å². The highest BCUT2D eigenvalue weighted by molar-refractivity contribution is 7.88. The number of rotatable bonds is 3. The maximum Gasteiger partial charge on any atom is 0.211 e. The molecule has 0 aromatic carbocycles. The highest BCUT2D eigenvalue weighted by atomic mass is 32.2. The van der Waals surface area contributed by atoms with Gasteiger partial charge in [0, 0.05) is 32.4 Å². The highest BCUT2D eigenvalue weighted by Gasteiger charge is 2.44. The van der Waals surface area contributed by atoms with Crippen molar-refractivity contribution >= 4 is 26.9 Å². The Bertz CT molecular complexity index is 819. The molecule has 1 saturated carbocycles. The minimum atomic E-state index is -3.06. The Labute approximate surface area is 135 Å². The van der Waals surface area contributed by atoms with Gasteiger partial charge in [-0.3, -0.25) is 0 Å². The number of aromatic nitrogens is 3. The topological polar surface area (TPSA) is 82.2 Å². The van der Waals surface area contributed by atoms with Crippen LogP contribution in [-0.2, 0) is 10.0 Å². The summed E-state index contributed by atoms with van der Waals surface area (Å²) in [6, 6.07) is 2.40. The zero-order valence-electron chi connectivity index (χ0n) is 13.3. The van der Waals surface area contributed by atoms with Crippen LogP contribution in [0.5, 0.6) is 0 Å². The van der Waals surface area contributed by atoms with E-state index in [1.165, 1.54) is 6.26 Å². The third-order valence-electron chi connectivity index (χ3n) is 5.38. The summed E-state index contributed by atoms with van der Waals surface area (Å²) in [5.74, 6) is 1.86. The lowest BCUT2D eigenvalue weighted by Gasteiger charge is -2.27. The van der Waals surface area contributed by atoms with E-state index in [4.69, 9.17) is 0 Å². The summed E-state index contributed by atoms with van der Waals surface area (Å²) in [7, 11) is -0.983. The molecule has 2 aromatic rings. The Morgan fingerprint density at radius 3 is 2.61 bits per heavy atom. The third kappa shape index (κ3) is 2.49. The molecule has 1 aliphatic carbocycles. The van der Waals surface area contributed by atoms with Gasteiger partial charge in [-0.15, -0.1) is 0 Å². The average molecular weight is 335 g/mol. The van der Waals surface area contributed by atoms with Crippen molar-refractivity contribution < 1.29 is 8.42 Å². The maximum absolute atomic E-state index is 11.7. The Balaban J connectivity index is 1.52. The van der Waals surface area contributed by atoms with Crippen LogP contribution in [0.15, 0.2) is 18.6 Å². The SMILES string of the molecule is CN(c1ncnc2[nH]ccc12)C1CC2CN(S(C)(=O)=O)C[C@H]2C1. The molecule has 2 aromatic heterocycles. The van der Waals surface area contributed by atoms with E-state index in [1.807, 2.05) is 12.3 Å². The van der Waals surface area contributed by atoms with Crippen LogP contribution in [-0.4, -0.2) is 60.1 Å². The molecular formula is C15H21N5O2S. The summed E-state index contributed by atoms with van der Waals surface area (Å²) in [6.07, 6.45) is 6.81. The number of sulfonamides is 1. The summed E-state index contributed by atoms with van der Waals surface area (Å²) in [5.41, 5.74) is 0.850. The molecule has 2 unspecified atom stereocenters. The highest BCUT2D eigenvalue weighted by Crippen LogP contribution is 2.41. The lowest BCUT2D eigenvalue weighted by Crippen LogP contribution is -2.34. The van der Waals surface area contributed by atoms with E-state index in [1.54, 1.807) is 10.6 Å². The first-order chi connectivity index (χ1) is 10.9. The maximum atomic E-state index is 11.7. The standard InChI is InChI=1S/C15H21N5O2S/c1-19(15-13-3-4-16-14(13)17-9-18-15)12-5-10-7-20(23(2,21)22)8-11(10)6-12/h3-4,9-12H,5-8H2,1-2H3,(H,16,17,18)/t10-,11?,12?/m1/s1. The second kappa shape index (κ2) is 5.17. The van der Waals surface area contributed by atoms with Crippen molar-refractivity contribution in [3.63, 3.8) is 0 Å². The number of nitrogens with one attached hydrogen (secondary N) is 1. The largest absolute Gasteiger partial charge is 0.356 e. The lowest BCUT2D eigenvalue weighted by molar-refractivity contribution is 0.436. The van der Waals surface area contributed by atoms with Crippen molar-refractivity contribution in [2.24, 2.45) is 11.8 Å². The fourth-order valence-corrected chi connectivity index (χ4v) is 5.05. The minimum Gasteiger partial charge on any atom is -0.356 e. The first-order valence-electron chi connectivity index (χ1n) is 7.89. The normalized spacial score (nSPS) is 28.3. The number of hydrogen-bond acceptors (Lipinski definition) is 5. The molecule has 4 rings (SSSR count). The van der Waals surface area contributed by atoms with Crippen LogP contribution in [0, 0.1) is 11.8 Å². The van der Waals surface area contributed by atoms with Gasteiger partial charge < -0.3 is 9.88 Å². The van der Waals surface area contributed by atoms with E-state index in [0.29, 0.717) is 31.0 Å². The van der Waals surface area contributed by atoms with E-state index < -0.39 is 10.0 Å². The number of nitrogens with zero attached hydrogens (tertiary/aromatic N) is 4. The molecule has 0 radical (unpaired) electrons. The van der Waals surface area contributed by atoms with Crippen LogP contribution >= 0.6 is 0 Å². The Hall–Kier alpha value is -1.67. The summed E-state index contributed by atoms with van der Waals surface area (Å²) in [6.45, 7) is 1.33. The van der Waals surface area contributed by atoms with Gasteiger partial charge in [-0.05, 0) is 30.7 Å². The number of H-pyrrole nitrogens is 1. The predicted molar refractivity (Wildman–Crippen MR) is 88.7 cm³/mol. The number of aromatic amines is 1. The van der Waals surface area contributed by atoms with E-state index in [2.05, 4.69) is 26.9 Å². The lowest BCUT2D eigenvalue weighted by atomic mass is 10.0. The number of fused-ring (bicyclic) bond motifs is 2. The molecule has 2 fully saturated rings. The molecule has 23 heavy (non-hydrogen) atoms. The van der Waals surface area contributed by atoms with Crippen LogP contribution in [0.3, 0.4) is 0 Å². The molecule has 7 nitrogen and oxygen atoms in total. The summed E-state index contributed by atoms with van der Waals surface area (Å²) in [4.78, 5) is 14.1. The molecule has 2 aliphatic rings. The van der Waals surface area contributed by atoms with Crippen LogP contribution < -0.4 is 4.90 Å². The van der Waals surface area contributed by atoms with E-state index in [9.17, 15) is 8.42 Å². The first kappa shape index (κ1) is 14.9. The van der Waals surface area contributed by atoms with Gasteiger partial charge in [0.2, 0.25) is 10.0 Å². The first-order valence-corrected chi connectivity index (χ1v) is 9.74. The van der Waals surface area contributed by atoms with Crippen LogP contribution in [0.2, 0.25) is 0 Å². The predicted octanol–water partition coefficient (Wildman–Crippen LogP) is 1.06. The van der Waals surface area contributed by atoms with Crippen molar-refractivity contribution in [1.82, 2.24) is 19.3 Å². The quantitative estimate of drug-likeness (QED) is 0.907. The molecule has 1 saturated heterocycles. The number of anilines is 1. The summed E-state index contributed by atoms with van der Waals surface area (Å²) in [5, 5.41) is 1.03. The van der Waals surface area contributed by atoms with Gasteiger partial charge in [0.15, 0.2) is 0 Å². The second-order valence-corrected chi connectivity index (χ2v) is 8.76. The van der Waals surface area contributed by atoms with Gasteiger partial charge in [0.05, 0.1) is 11.6 Å². The van der Waals surface area contributed by atoms with Crippen LogP contribution in [0.4, 0.5) is 5.82 Å². The molecule has 0 bridgehead atoms. The van der Waals surface area contributed by atoms with E-state index in [-0.39, 0.29) is 0 Å². The van der Waals surface area contributed by atoms with Crippen molar-refractivity contribution in [3.8, 4) is 0 Å². The van der Waals surface area contributed by atoms with Crippen LogP contribution in [0.25, 0.3) is 11.0 Å². The fourth-order valence-electron chi connectivity index (χ4n) is 4.12. The van der Waals surface area contributed by atoms with Gasteiger partial charge in [-0.1, -0.05) is 0 Å². The summed E-state index contributed by atoms with van der Waals surface area (Å²) >= 11 is 0. The van der Waals surface area contributed by atoms with Crippen molar-refractivity contribution in [2.75, 3.05) is 31.3 Å². The minimum absolute atomic E-state index is 0.403. The zero-order valence-corrected chi connectivity index (χ0v) is 14.1. The molecule has 0 amide bonds. The monoisotopic (exact) mass is 335 g/mol. The van der Waals surface area contributed by atoms with Gasteiger partial charge >= 0.3 is 0 Å². The Morgan fingerprint density at radius 1 is 1.26 bits per heavy atom. The molecule has 3 heterocycles. The number of hydrogen-bond donors (Lipinski definition) is 1. The van der Waals surface area contributed by atoms with E-state index in [0.717, 1.165) is 29.7 Å². The van der Waals surface area contributed by atoms with Gasteiger partial charge in [0.1, 0.15) is 17.8 Å². The van der Waals surface area contributed by atoms with Gasteiger partial charge in [-0.2, -0.15) is 0 Å². The second-order valence-electron chi connectivity index (χ2n) is 6.77.